The van der Waals surface area contributed by atoms with Crippen molar-refractivity contribution in [3.8, 4) is 0 Å². The number of piperidine rings is 2. The van der Waals surface area contributed by atoms with Crippen molar-refractivity contribution in [1.82, 2.24) is 9.80 Å². The number of aliphatic hydroxyl groups excluding tert-OH is 1. The summed E-state index contributed by atoms with van der Waals surface area (Å²) in [7, 11) is 0. The number of amides is 2. The Morgan fingerprint density at radius 1 is 1.38 bits per heavy atom. The Labute approximate surface area is 126 Å². The Hall–Kier alpha value is -1.14. The van der Waals surface area contributed by atoms with E-state index in [9.17, 15) is 9.59 Å². The molecule has 0 aromatic carbocycles. The SMILES string of the molecule is C[C@@H](CO)CN1CCC2(CCC(=O)N(CC(N)=O)C2)CC1. The normalized spacial score (nSPS) is 24.3. The maximum absolute atomic E-state index is 11.9. The predicted octanol–water partition coefficient (Wildman–Crippen LogP) is -0.195. The molecule has 2 amide bonds. The van der Waals surface area contributed by atoms with E-state index < -0.39 is 5.91 Å². The molecule has 6 heteroatoms. The van der Waals surface area contributed by atoms with E-state index in [1.54, 1.807) is 4.90 Å². The molecular formula is C15H27N3O3. The first-order valence-corrected chi connectivity index (χ1v) is 7.83. The molecule has 1 atom stereocenters. The van der Waals surface area contributed by atoms with Crippen molar-refractivity contribution in [2.45, 2.75) is 32.6 Å². The van der Waals surface area contributed by atoms with Crippen LogP contribution in [0.1, 0.15) is 32.6 Å². The van der Waals surface area contributed by atoms with Crippen molar-refractivity contribution in [2.24, 2.45) is 17.1 Å². The Morgan fingerprint density at radius 2 is 2.05 bits per heavy atom. The molecule has 0 bridgehead atoms. The minimum absolute atomic E-state index is 0.0475. The van der Waals surface area contributed by atoms with Crippen LogP contribution in [0.15, 0.2) is 0 Å². The van der Waals surface area contributed by atoms with Crippen LogP contribution in [-0.2, 0) is 9.59 Å². The fourth-order valence-corrected chi connectivity index (χ4v) is 3.55. The van der Waals surface area contributed by atoms with Gasteiger partial charge in [0.15, 0.2) is 0 Å². The molecule has 3 N–H and O–H groups in total. The summed E-state index contributed by atoms with van der Waals surface area (Å²) in [5, 5.41) is 9.14. The maximum atomic E-state index is 11.9. The highest BCUT2D eigenvalue weighted by molar-refractivity contribution is 5.84. The molecule has 0 radical (unpaired) electrons. The molecular weight excluding hydrogens is 270 g/mol. The molecule has 6 nitrogen and oxygen atoms in total. The third kappa shape index (κ3) is 4.17. The molecule has 0 aliphatic carbocycles. The first kappa shape index (κ1) is 16.2. The number of hydrogen-bond acceptors (Lipinski definition) is 4. The van der Waals surface area contributed by atoms with Crippen LogP contribution in [0, 0.1) is 11.3 Å². The molecule has 1 spiro atoms. The third-order valence-corrected chi connectivity index (χ3v) is 4.89. The van der Waals surface area contributed by atoms with Crippen LogP contribution in [0.3, 0.4) is 0 Å². The van der Waals surface area contributed by atoms with Gasteiger partial charge in [-0.15, -0.1) is 0 Å². The smallest absolute Gasteiger partial charge is 0.237 e. The van der Waals surface area contributed by atoms with Gasteiger partial charge in [-0.2, -0.15) is 0 Å². The van der Waals surface area contributed by atoms with Crippen LogP contribution in [0.4, 0.5) is 0 Å². The summed E-state index contributed by atoms with van der Waals surface area (Å²) in [5.74, 6) is -0.0799. The lowest BCUT2D eigenvalue weighted by Gasteiger charge is -2.47. The fraction of sp³-hybridized carbons (Fsp3) is 0.867. The molecule has 2 saturated heterocycles. The van der Waals surface area contributed by atoms with Gasteiger partial charge in [-0.05, 0) is 43.7 Å². The molecule has 2 rings (SSSR count). The molecule has 0 saturated carbocycles. The largest absolute Gasteiger partial charge is 0.396 e. The van der Waals surface area contributed by atoms with E-state index in [1.807, 2.05) is 0 Å². The number of aliphatic hydroxyl groups is 1. The number of hydrogen-bond donors (Lipinski definition) is 2. The summed E-state index contributed by atoms with van der Waals surface area (Å²) in [6.07, 6.45) is 3.55. The molecule has 120 valence electrons. The lowest BCUT2D eigenvalue weighted by Crippen LogP contribution is -2.53. The second-order valence-corrected chi connectivity index (χ2v) is 6.80. The molecule has 0 aromatic heterocycles. The second kappa shape index (κ2) is 6.75. The standard InChI is InChI=1S/C15H27N3O3/c1-12(10-19)8-17-6-4-15(5-7-17)3-2-14(21)18(11-15)9-13(16)20/h12,19H,2-11H2,1H3,(H2,16,20)/t12-/m1/s1. The second-order valence-electron chi connectivity index (χ2n) is 6.80. The van der Waals surface area contributed by atoms with Crippen LogP contribution < -0.4 is 5.73 Å². The molecule has 2 aliphatic heterocycles. The van der Waals surface area contributed by atoms with Crippen LogP contribution in [0.5, 0.6) is 0 Å². The Bertz CT molecular complexity index is 392. The number of nitrogens with zero attached hydrogens (tertiary/aromatic N) is 2. The zero-order valence-corrected chi connectivity index (χ0v) is 12.9. The summed E-state index contributed by atoms with van der Waals surface area (Å²) in [4.78, 5) is 27.0. The first-order chi connectivity index (χ1) is 9.94. The van der Waals surface area contributed by atoms with Gasteiger partial charge < -0.3 is 20.6 Å². The van der Waals surface area contributed by atoms with Gasteiger partial charge in [0.05, 0.1) is 6.54 Å². The molecule has 2 fully saturated rings. The van der Waals surface area contributed by atoms with Crippen LogP contribution in [-0.4, -0.2) is 66.1 Å². The fourth-order valence-electron chi connectivity index (χ4n) is 3.55. The number of primary amides is 1. The summed E-state index contributed by atoms with van der Waals surface area (Å²) in [6, 6.07) is 0. The van der Waals surface area contributed by atoms with Crippen LogP contribution in [0.25, 0.3) is 0 Å². The van der Waals surface area contributed by atoms with Gasteiger partial charge in [0.2, 0.25) is 11.8 Å². The average molecular weight is 297 g/mol. The first-order valence-electron chi connectivity index (χ1n) is 7.83. The van der Waals surface area contributed by atoms with E-state index in [4.69, 9.17) is 10.8 Å². The molecule has 0 aromatic rings. The van der Waals surface area contributed by atoms with E-state index in [0.717, 1.165) is 38.9 Å². The molecule has 2 aliphatic rings. The highest BCUT2D eigenvalue weighted by Gasteiger charge is 2.41. The van der Waals surface area contributed by atoms with Crippen molar-refractivity contribution in [1.29, 1.82) is 0 Å². The van der Waals surface area contributed by atoms with E-state index in [-0.39, 0.29) is 24.5 Å². The molecule has 0 unspecified atom stereocenters. The Balaban J connectivity index is 1.89. The van der Waals surface area contributed by atoms with Crippen molar-refractivity contribution in [3.05, 3.63) is 0 Å². The van der Waals surface area contributed by atoms with Crippen molar-refractivity contribution < 1.29 is 14.7 Å². The van der Waals surface area contributed by atoms with Gasteiger partial charge >= 0.3 is 0 Å². The van der Waals surface area contributed by atoms with Gasteiger partial charge in [0.1, 0.15) is 0 Å². The predicted molar refractivity (Wildman–Crippen MR) is 79.4 cm³/mol. The highest BCUT2D eigenvalue weighted by Crippen LogP contribution is 2.40. The van der Waals surface area contributed by atoms with Crippen LogP contribution in [0.2, 0.25) is 0 Å². The lowest BCUT2D eigenvalue weighted by molar-refractivity contribution is -0.142. The Morgan fingerprint density at radius 3 is 2.62 bits per heavy atom. The Kier molecular flexibility index (Phi) is 5.22. The number of carbonyl (C=O) groups is 2. The van der Waals surface area contributed by atoms with E-state index in [1.165, 1.54) is 0 Å². The molecule has 2 heterocycles. The summed E-state index contributed by atoms with van der Waals surface area (Å²) in [5.41, 5.74) is 5.39. The zero-order valence-electron chi connectivity index (χ0n) is 12.9. The van der Waals surface area contributed by atoms with Gasteiger partial charge in [-0.1, -0.05) is 6.92 Å². The van der Waals surface area contributed by atoms with E-state index >= 15 is 0 Å². The minimum atomic E-state index is -0.436. The average Bonchev–Trinajstić information content (AvgIpc) is 2.45. The van der Waals surface area contributed by atoms with Crippen molar-refractivity contribution >= 4 is 11.8 Å². The maximum Gasteiger partial charge on any atom is 0.237 e. The number of likely N-dealkylation sites (tertiary alicyclic amines) is 2. The van der Waals surface area contributed by atoms with Crippen LogP contribution >= 0.6 is 0 Å². The third-order valence-electron chi connectivity index (χ3n) is 4.89. The minimum Gasteiger partial charge on any atom is -0.396 e. The van der Waals surface area contributed by atoms with Gasteiger partial charge in [-0.3, -0.25) is 9.59 Å². The van der Waals surface area contributed by atoms with Crippen molar-refractivity contribution in [3.63, 3.8) is 0 Å². The summed E-state index contributed by atoms with van der Waals surface area (Å²) >= 11 is 0. The van der Waals surface area contributed by atoms with E-state index in [2.05, 4.69) is 11.8 Å². The summed E-state index contributed by atoms with van der Waals surface area (Å²) < 4.78 is 0. The number of rotatable bonds is 5. The topological polar surface area (TPSA) is 86.9 Å². The number of nitrogens with two attached hydrogens (primary N) is 1. The van der Waals surface area contributed by atoms with Gasteiger partial charge in [0.25, 0.3) is 0 Å². The zero-order chi connectivity index (χ0) is 15.5. The van der Waals surface area contributed by atoms with Gasteiger partial charge in [0, 0.05) is 26.1 Å². The monoisotopic (exact) mass is 297 g/mol. The lowest BCUT2D eigenvalue weighted by atomic mass is 9.72. The summed E-state index contributed by atoms with van der Waals surface area (Å²) in [6.45, 7) is 5.92. The van der Waals surface area contributed by atoms with Crippen molar-refractivity contribution in [2.75, 3.05) is 39.3 Å². The molecule has 21 heavy (non-hydrogen) atoms. The highest BCUT2D eigenvalue weighted by atomic mass is 16.3. The van der Waals surface area contributed by atoms with E-state index in [0.29, 0.717) is 18.9 Å². The number of carbonyl (C=O) groups excluding carboxylic acids is 2. The van der Waals surface area contributed by atoms with Gasteiger partial charge in [-0.25, -0.2) is 0 Å². The quantitative estimate of drug-likeness (QED) is 0.736.